The molecular formula is C18H26N4O4S2. The second-order valence-electron chi connectivity index (χ2n) is 6.82. The van der Waals surface area contributed by atoms with Gasteiger partial charge in [0, 0.05) is 25.7 Å². The van der Waals surface area contributed by atoms with Crippen molar-refractivity contribution in [3.8, 4) is 0 Å². The number of hydrogen-bond acceptors (Lipinski definition) is 6. The molecular weight excluding hydrogens is 400 g/mol. The molecule has 3 rings (SSSR count). The van der Waals surface area contributed by atoms with Crippen LogP contribution in [0.5, 0.6) is 0 Å². The molecule has 1 aromatic heterocycles. The van der Waals surface area contributed by atoms with Gasteiger partial charge in [-0.15, -0.1) is 0 Å². The predicted octanol–water partition coefficient (Wildman–Crippen LogP) is 1.69. The van der Waals surface area contributed by atoms with Crippen LogP contribution in [0.25, 0.3) is 11.0 Å². The zero-order valence-electron chi connectivity index (χ0n) is 16.3. The molecule has 0 spiro atoms. The smallest absolute Gasteiger partial charge is 0.243 e. The van der Waals surface area contributed by atoms with Gasteiger partial charge in [-0.25, -0.2) is 13.4 Å². The Balaban J connectivity index is 1.87. The van der Waals surface area contributed by atoms with Gasteiger partial charge in [-0.2, -0.15) is 4.31 Å². The van der Waals surface area contributed by atoms with E-state index in [-0.39, 0.29) is 22.6 Å². The molecule has 1 amide bonds. The van der Waals surface area contributed by atoms with Gasteiger partial charge in [0.25, 0.3) is 0 Å². The van der Waals surface area contributed by atoms with Crippen LogP contribution < -0.4 is 5.32 Å². The molecule has 0 bridgehead atoms. The summed E-state index contributed by atoms with van der Waals surface area (Å²) < 4.78 is 34.5. The minimum atomic E-state index is -3.57. The Bertz CT molecular complexity index is 950. The standard InChI is InChI=1S/C18H26N4O4S2/c1-4-22-16-6-5-14(28(24,25)21-7-9-26-10-8-21)11-15(16)20-18(22)27-12-17(23)19-13(2)3/h5-6,11,13H,4,7-10,12H2,1-3H3,(H,19,23). The Labute approximate surface area is 169 Å². The van der Waals surface area contributed by atoms with Crippen LogP contribution in [0.3, 0.4) is 0 Å². The number of nitrogens with zero attached hydrogens (tertiary/aromatic N) is 3. The molecule has 8 nitrogen and oxygen atoms in total. The lowest BCUT2D eigenvalue weighted by molar-refractivity contribution is -0.119. The first kappa shape index (κ1) is 21.1. The van der Waals surface area contributed by atoms with Crippen LogP contribution in [0.15, 0.2) is 28.3 Å². The number of thioether (sulfide) groups is 1. The van der Waals surface area contributed by atoms with E-state index in [1.54, 1.807) is 18.2 Å². The number of imidazole rings is 1. The van der Waals surface area contributed by atoms with Crippen molar-refractivity contribution in [2.24, 2.45) is 0 Å². The van der Waals surface area contributed by atoms with Crippen molar-refractivity contribution >= 4 is 38.7 Å². The lowest BCUT2D eigenvalue weighted by Gasteiger charge is -2.26. The summed E-state index contributed by atoms with van der Waals surface area (Å²) in [6, 6.07) is 5.12. The highest BCUT2D eigenvalue weighted by Gasteiger charge is 2.27. The maximum atomic E-state index is 12.9. The Hall–Kier alpha value is -1.62. The highest BCUT2D eigenvalue weighted by molar-refractivity contribution is 7.99. The fraction of sp³-hybridized carbons (Fsp3) is 0.556. The quantitative estimate of drug-likeness (QED) is 0.678. The van der Waals surface area contributed by atoms with Gasteiger partial charge >= 0.3 is 0 Å². The number of fused-ring (bicyclic) bond motifs is 1. The fourth-order valence-electron chi connectivity index (χ4n) is 3.09. The van der Waals surface area contributed by atoms with Crippen molar-refractivity contribution in [3.05, 3.63) is 18.2 Å². The van der Waals surface area contributed by atoms with Gasteiger partial charge in [-0.3, -0.25) is 4.79 Å². The third-order valence-corrected chi connectivity index (χ3v) is 7.26. The number of rotatable bonds is 7. The summed E-state index contributed by atoms with van der Waals surface area (Å²) in [5.41, 5.74) is 1.47. The van der Waals surface area contributed by atoms with E-state index in [0.717, 1.165) is 5.52 Å². The van der Waals surface area contributed by atoms with Gasteiger partial charge in [0.2, 0.25) is 15.9 Å². The predicted molar refractivity (Wildman–Crippen MR) is 109 cm³/mol. The van der Waals surface area contributed by atoms with Crippen molar-refractivity contribution in [2.75, 3.05) is 32.1 Å². The molecule has 1 aliphatic heterocycles. The average Bonchev–Trinajstić information content (AvgIpc) is 3.03. The number of aromatic nitrogens is 2. The second kappa shape index (κ2) is 8.81. The van der Waals surface area contributed by atoms with Gasteiger partial charge in [-0.1, -0.05) is 11.8 Å². The first-order valence-electron chi connectivity index (χ1n) is 9.33. The first-order chi connectivity index (χ1) is 13.3. The number of carbonyl (C=O) groups excluding carboxylic acids is 1. The van der Waals surface area contributed by atoms with Crippen LogP contribution >= 0.6 is 11.8 Å². The number of hydrogen-bond donors (Lipinski definition) is 1. The van der Waals surface area contributed by atoms with E-state index >= 15 is 0 Å². The molecule has 1 fully saturated rings. The van der Waals surface area contributed by atoms with Crippen molar-refractivity contribution in [1.82, 2.24) is 19.2 Å². The van der Waals surface area contributed by atoms with E-state index in [9.17, 15) is 13.2 Å². The van der Waals surface area contributed by atoms with E-state index in [4.69, 9.17) is 4.74 Å². The van der Waals surface area contributed by atoms with Crippen LogP contribution in [-0.4, -0.2) is 66.3 Å². The molecule has 2 aromatic rings. The zero-order chi connectivity index (χ0) is 20.3. The maximum Gasteiger partial charge on any atom is 0.243 e. The van der Waals surface area contributed by atoms with Gasteiger partial charge in [0.05, 0.1) is 34.9 Å². The molecule has 1 aliphatic rings. The minimum absolute atomic E-state index is 0.0507. The molecule has 2 heterocycles. The summed E-state index contributed by atoms with van der Waals surface area (Å²) in [6.45, 7) is 8.04. The molecule has 0 aliphatic carbocycles. The lowest BCUT2D eigenvalue weighted by Crippen LogP contribution is -2.40. The van der Waals surface area contributed by atoms with E-state index < -0.39 is 10.0 Å². The van der Waals surface area contributed by atoms with Gasteiger partial charge in [0.1, 0.15) is 0 Å². The minimum Gasteiger partial charge on any atom is -0.379 e. The van der Waals surface area contributed by atoms with Crippen molar-refractivity contribution in [3.63, 3.8) is 0 Å². The highest BCUT2D eigenvalue weighted by atomic mass is 32.2. The summed E-state index contributed by atoms with van der Waals surface area (Å²) in [4.78, 5) is 16.8. The summed E-state index contributed by atoms with van der Waals surface area (Å²) in [5.74, 6) is 0.214. The van der Waals surface area contributed by atoms with Crippen LogP contribution in [0.1, 0.15) is 20.8 Å². The third-order valence-electron chi connectivity index (χ3n) is 4.39. The van der Waals surface area contributed by atoms with Crippen molar-refractivity contribution in [1.29, 1.82) is 0 Å². The van der Waals surface area contributed by atoms with E-state index in [1.807, 2.05) is 25.3 Å². The zero-order valence-corrected chi connectivity index (χ0v) is 18.0. The molecule has 0 saturated carbocycles. The molecule has 28 heavy (non-hydrogen) atoms. The van der Waals surface area contributed by atoms with Gasteiger partial charge in [-0.05, 0) is 39.0 Å². The summed E-state index contributed by atoms with van der Waals surface area (Å²) in [6.07, 6.45) is 0. The molecule has 1 aromatic carbocycles. The molecule has 154 valence electrons. The van der Waals surface area contributed by atoms with Crippen LogP contribution in [0.4, 0.5) is 0 Å². The number of amides is 1. The molecule has 1 saturated heterocycles. The summed E-state index contributed by atoms with van der Waals surface area (Å²) in [7, 11) is -3.57. The number of sulfonamides is 1. The van der Waals surface area contributed by atoms with Gasteiger partial charge < -0.3 is 14.6 Å². The van der Waals surface area contributed by atoms with Gasteiger partial charge in [0.15, 0.2) is 5.16 Å². The fourth-order valence-corrected chi connectivity index (χ4v) is 5.41. The average molecular weight is 427 g/mol. The lowest BCUT2D eigenvalue weighted by atomic mass is 10.3. The molecule has 0 unspecified atom stereocenters. The summed E-state index contributed by atoms with van der Waals surface area (Å²) in [5, 5.41) is 3.56. The van der Waals surface area contributed by atoms with Crippen LogP contribution in [0.2, 0.25) is 0 Å². The highest BCUT2D eigenvalue weighted by Crippen LogP contribution is 2.27. The number of morpholine rings is 1. The number of nitrogens with one attached hydrogen (secondary N) is 1. The molecule has 1 N–H and O–H groups in total. The second-order valence-corrected chi connectivity index (χ2v) is 9.70. The first-order valence-corrected chi connectivity index (χ1v) is 11.8. The Morgan fingerprint density at radius 3 is 2.68 bits per heavy atom. The van der Waals surface area contributed by atoms with E-state index in [0.29, 0.717) is 43.5 Å². The Morgan fingerprint density at radius 1 is 1.32 bits per heavy atom. The van der Waals surface area contributed by atoms with E-state index in [1.165, 1.54) is 16.1 Å². The van der Waals surface area contributed by atoms with Crippen molar-refractivity contribution < 1.29 is 17.9 Å². The van der Waals surface area contributed by atoms with Crippen LogP contribution in [-0.2, 0) is 26.1 Å². The topological polar surface area (TPSA) is 93.5 Å². The Morgan fingerprint density at radius 2 is 2.04 bits per heavy atom. The number of benzene rings is 1. The van der Waals surface area contributed by atoms with Crippen LogP contribution in [0, 0.1) is 0 Å². The Kier molecular flexibility index (Phi) is 6.64. The molecule has 0 atom stereocenters. The molecule has 10 heteroatoms. The normalized spacial score (nSPS) is 16.0. The number of carbonyl (C=O) groups is 1. The third kappa shape index (κ3) is 4.51. The number of aryl methyl sites for hydroxylation is 1. The molecule has 0 radical (unpaired) electrons. The SMILES string of the molecule is CCn1c(SCC(=O)NC(C)C)nc2cc(S(=O)(=O)N3CCOCC3)ccc21. The summed E-state index contributed by atoms with van der Waals surface area (Å²) >= 11 is 1.35. The monoisotopic (exact) mass is 426 g/mol. The van der Waals surface area contributed by atoms with E-state index in [2.05, 4.69) is 10.3 Å². The van der Waals surface area contributed by atoms with Crippen molar-refractivity contribution in [2.45, 2.75) is 43.4 Å². The number of ether oxygens (including phenoxy) is 1. The largest absolute Gasteiger partial charge is 0.379 e. The maximum absolute atomic E-state index is 12.9.